The number of amides is 3. The van der Waals surface area contributed by atoms with Gasteiger partial charge in [0.05, 0.1) is 34.0 Å². The lowest BCUT2D eigenvalue weighted by Crippen LogP contribution is -2.18. The summed E-state index contributed by atoms with van der Waals surface area (Å²) < 4.78 is 5.90. The molecule has 0 aliphatic carbocycles. The minimum absolute atomic E-state index is 0.136. The van der Waals surface area contributed by atoms with E-state index in [0.717, 1.165) is 4.21 Å². The summed E-state index contributed by atoms with van der Waals surface area (Å²) >= 11 is 2.53. The fourth-order valence-electron chi connectivity index (χ4n) is 2.60. The van der Waals surface area contributed by atoms with Gasteiger partial charge in [0.25, 0.3) is 11.8 Å². The van der Waals surface area contributed by atoms with Crippen molar-refractivity contribution in [3.8, 4) is 5.75 Å². The number of aromatic nitrogens is 1. The van der Waals surface area contributed by atoms with Crippen LogP contribution in [0, 0.1) is 6.92 Å². The minimum atomic E-state index is -0.426. The number of rotatable bonds is 8. The number of carbonyl (C=O) groups is 3. The number of hydrogen-bond donors (Lipinski definition) is 3. The van der Waals surface area contributed by atoms with Crippen LogP contribution in [0.4, 0.5) is 10.8 Å². The highest BCUT2D eigenvalue weighted by molar-refractivity contribution is 8.01. The van der Waals surface area contributed by atoms with E-state index in [1.54, 1.807) is 62.6 Å². The third-order valence-corrected chi connectivity index (χ3v) is 6.55. The highest BCUT2D eigenvalue weighted by atomic mass is 32.2. The van der Waals surface area contributed by atoms with Crippen molar-refractivity contribution in [1.82, 2.24) is 4.98 Å². The third kappa shape index (κ3) is 5.83. The number of nitrogens with two attached hydrogens (primary N) is 1. The molecular formula is C21H20N4O4S2. The number of ether oxygens (including phenoxy) is 1. The molecule has 4 N–H and O–H groups in total. The molecule has 1 aromatic heterocycles. The van der Waals surface area contributed by atoms with Crippen LogP contribution in [0.3, 0.4) is 0 Å². The average molecular weight is 457 g/mol. The van der Waals surface area contributed by atoms with Gasteiger partial charge in [0.2, 0.25) is 5.91 Å². The van der Waals surface area contributed by atoms with Crippen LogP contribution >= 0.6 is 23.1 Å². The number of benzene rings is 2. The maximum Gasteiger partial charge on any atom is 0.259 e. The van der Waals surface area contributed by atoms with E-state index in [4.69, 9.17) is 10.5 Å². The van der Waals surface area contributed by atoms with E-state index in [0.29, 0.717) is 33.4 Å². The average Bonchev–Trinajstić information content (AvgIpc) is 3.11. The Balaban J connectivity index is 1.73. The Labute approximate surface area is 187 Å². The van der Waals surface area contributed by atoms with Crippen molar-refractivity contribution < 1.29 is 19.1 Å². The van der Waals surface area contributed by atoms with Gasteiger partial charge in [-0.25, -0.2) is 4.98 Å². The Morgan fingerprint density at radius 3 is 2.45 bits per heavy atom. The molecule has 0 atom stereocenters. The van der Waals surface area contributed by atoms with Gasteiger partial charge in [0.1, 0.15) is 5.75 Å². The molecule has 0 radical (unpaired) electrons. The molecular weight excluding hydrogens is 436 g/mol. The maximum atomic E-state index is 12.8. The van der Waals surface area contributed by atoms with E-state index in [-0.39, 0.29) is 11.7 Å². The van der Waals surface area contributed by atoms with E-state index in [1.807, 2.05) is 0 Å². The number of nitrogens with one attached hydrogen (secondary N) is 2. The Hall–Kier alpha value is -3.37. The second-order valence-corrected chi connectivity index (χ2v) is 8.57. The summed E-state index contributed by atoms with van der Waals surface area (Å²) in [6, 6.07) is 13.4. The normalized spacial score (nSPS) is 10.4. The second kappa shape index (κ2) is 10.1. The molecule has 2 aromatic carbocycles. The smallest absolute Gasteiger partial charge is 0.259 e. The number of aryl methyl sites for hydroxylation is 1. The van der Waals surface area contributed by atoms with Crippen LogP contribution in [0.5, 0.6) is 5.75 Å². The van der Waals surface area contributed by atoms with Gasteiger partial charge >= 0.3 is 0 Å². The van der Waals surface area contributed by atoms with Gasteiger partial charge in [-0.3, -0.25) is 19.7 Å². The van der Waals surface area contributed by atoms with Crippen molar-refractivity contribution in [2.75, 3.05) is 23.5 Å². The molecule has 10 heteroatoms. The first kappa shape index (κ1) is 22.3. The van der Waals surface area contributed by atoms with E-state index in [1.165, 1.54) is 23.1 Å². The molecule has 3 rings (SSSR count). The number of primary amides is 1. The Morgan fingerprint density at radius 2 is 1.77 bits per heavy atom. The lowest BCUT2D eigenvalue weighted by Gasteiger charge is -2.11. The molecule has 0 fully saturated rings. The number of para-hydroxylation sites is 1. The summed E-state index contributed by atoms with van der Waals surface area (Å²) in [5, 5.41) is 5.91. The van der Waals surface area contributed by atoms with Crippen LogP contribution in [-0.4, -0.2) is 35.6 Å². The topological polar surface area (TPSA) is 123 Å². The largest absolute Gasteiger partial charge is 0.497 e. The Kier molecular flexibility index (Phi) is 7.27. The number of methoxy groups -OCH3 is 1. The molecule has 0 saturated carbocycles. The van der Waals surface area contributed by atoms with Gasteiger partial charge in [-0.1, -0.05) is 23.5 Å². The molecule has 0 saturated heterocycles. The molecule has 0 aliphatic heterocycles. The maximum absolute atomic E-state index is 12.8. The van der Waals surface area contributed by atoms with Crippen molar-refractivity contribution in [2.45, 2.75) is 11.1 Å². The van der Waals surface area contributed by atoms with Crippen LogP contribution in [-0.2, 0) is 4.79 Å². The summed E-state index contributed by atoms with van der Waals surface area (Å²) in [5.74, 6) is -0.409. The number of nitrogens with zero attached hydrogens (tertiary/aromatic N) is 1. The molecule has 0 spiro atoms. The van der Waals surface area contributed by atoms with Crippen LogP contribution in [0.15, 0.2) is 52.7 Å². The molecule has 1 heterocycles. The number of thioether (sulfide) groups is 1. The number of hydrogen-bond acceptors (Lipinski definition) is 7. The third-order valence-electron chi connectivity index (χ3n) is 4.09. The SMILES string of the molecule is COc1ccc(C(=O)Nc2ccccc2C(=O)Nc2nc(C)c(SCC(N)=O)s2)cc1. The summed E-state index contributed by atoms with van der Waals surface area (Å²) in [6.45, 7) is 1.79. The van der Waals surface area contributed by atoms with Gasteiger partial charge in [0, 0.05) is 5.56 Å². The summed E-state index contributed by atoms with van der Waals surface area (Å²) in [7, 11) is 1.55. The molecule has 8 nitrogen and oxygen atoms in total. The molecule has 0 aliphatic rings. The first-order valence-corrected chi connectivity index (χ1v) is 10.9. The fourth-order valence-corrected chi connectivity index (χ4v) is 4.47. The van der Waals surface area contributed by atoms with Crippen molar-refractivity contribution in [1.29, 1.82) is 0 Å². The molecule has 3 amide bonds. The predicted octanol–water partition coefficient (Wildman–Crippen LogP) is 3.54. The summed E-state index contributed by atoms with van der Waals surface area (Å²) in [5.41, 5.74) is 6.98. The molecule has 160 valence electrons. The number of anilines is 2. The molecule has 0 bridgehead atoms. The second-order valence-electron chi connectivity index (χ2n) is 6.33. The van der Waals surface area contributed by atoms with Crippen LogP contribution < -0.4 is 21.1 Å². The quantitative estimate of drug-likeness (QED) is 0.446. The monoisotopic (exact) mass is 456 g/mol. The molecule has 3 aromatic rings. The zero-order valence-electron chi connectivity index (χ0n) is 16.8. The van der Waals surface area contributed by atoms with Crippen molar-refractivity contribution in [3.05, 3.63) is 65.4 Å². The number of thiazole rings is 1. The fraction of sp³-hybridized carbons (Fsp3) is 0.143. The van der Waals surface area contributed by atoms with Crippen LogP contribution in [0.2, 0.25) is 0 Å². The van der Waals surface area contributed by atoms with Crippen LogP contribution in [0.25, 0.3) is 0 Å². The van der Waals surface area contributed by atoms with Crippen molar-refractivity contribution >= 4 is 51.6 Å². The molecule has 31 heavy (non-hydrogen) atoms. The van der Waals surface area contributed by atoms with E-state index >= 15 is 0 Å². The van der Waals surface area contributed by atoms with Crippen molar-refractivity contribution in [2.24, 2.45) is 5.73 Å². The first-order chi connectivity index (χ1) is 14.9. The Morgan fingerprint density at radius 1 is 1.06 bits per heavy atom. The predicted molar refractivity (Wildman–Crippen MR) is 122 cm³/mol. The number of carbonyl (C=O) groups excluding carboxylic acids is 3. The van der Waals surface area contributed by atoms with Gasteiger partial charge in [-0.15, -0.1) is 11.8 Å². The summed E-state index contributed by atoms with van der Waals surface area (Å²) in [4.78, 5) is 40.7. The van der Waals surface area contributed by atoms with Gasteiger partial charge < -0.3 is 15.8 Å². The van der Waals surface area contributed by atoms with Gasteiger partial charge in [-0.05, 0) is 43.3 Å². The van der Waals surface area contributed by atoms with Crippen molar-refractivity contribution in [3.63, 3.8) is 0 Å². The van der Waals surface area contributed by atoms with Gasteiger partial charge in [0.15, 0.2) is 5.13 Å². The van der Waals surface area contributed by atoms with Crippen LogP contribution in [0.1, 0.15) is 26.4 Å². The van der Waals surface area contributed by atoms with E-state index < -0.39 is 11.8 Å². The molecule has 0 unspecified atom stereocenters. The summed E-state index contributed by atoms with van der Waals surface area (Å²) in [6.07, 6.45) is 0. The van der Waals surface area contributed by atoms with Gasteiger partial charge in [-0.2, -0.15) is 0 Å². The van der Waals surface area contributed by atoms with E-state index in [9.17, 15) is 14.4 Å². The first-order valence-electron chi connectivity index (χ1n) is 9.11. The lowest BCUT2D eigenvalue weighted by atomic mass is 10.1. The Bertz CT molecular complexity index is 1110. The highest BCUT2D eigenvalue weighted by Gasteiger charge is 2.17. The van der Waals surface area contributed by atoms with E-state index in [2.05, 4.69) is 15.6 Å². The minimum Gasteiger partial charge on any atom is -0.497 e. The lowest BCUT2D eigenvalue weighted by molar-refractivity contribution is -0.115. The standard InChI is InChI=1S/C21H20N4O4S2/c1-12-20(30-11-17(22)26)31-21(23-12)25-19(28)15-5-3-4-6-16(15)24-18(27)13-7-9-14(29-2)10-8-13/h3-10H,11H2,1-2H3,(H2,22,26)(H,24,27)(H,23,25,28). The zero-order chi connectivity index (χ0) is 22.4. The highest BCUT2D eigenvalue weighted by Crippen LogP contribution is 2.32. The zero-order valence-corrected chi connectivity index (χ0v) is 18.4.